The van der Waals surface area contributed by atoms with Crippen molar-refractivity contribution in [1.29, 1.82) is 0 Å². The maximum Gasteiger partial charge on any atom is 0.243 e. The van der Waals surface area contributed by atoms with E-state index in [2.05, 4.69) is 5.32 Å². The van der Waals surface area contributed by atoms with Gasteiger partial charge in [0.25, 0.3) is 0 Å². The number of nitrogens with one attached hydrogen (secondary N) is 1. The lowest BCUT2D eigenvalue weighted by molar-refractivity contribution is -0.146. The monoisotopic (exact) mass is 556 g/mol. The van der Waals surface area contributed by atoms with Gasteiger partial charge in [0, 0.05) is 13.1 Å². The molecule has 4 atom stereocenters. The molecule has 2 heterocycles. The highest BCUT2D eigenvalue weighted by molar-refractivity contribution is 7.89. The number of hydrogen-bond donors (Lipinski definition) is 2. The fourth-order valence-corrected chi connectivity index (χ4v) is 6.58. The summed E-state index contributed by atoms with van der Waals surface area (Å²) in [5.41, 5.74) is 1.78. The second kappa shape index (κ2) is 11.8. The first-order chi connectivity index (χ1) is 17.1. The van der Waals surface area contributed by atoms with Crippen molar-refractivity contribution in [3.8, 4) is 0 Å². The third-order valence-corrected chi connectivity index (χ3v) is 9.09. The maximum absolute atomic E-state index is 13.5. The summed E-state index contributed by atoms with van der Waals surface area (Å²) >= 11 is 12.0. The van der Waals surface area contributed by atoms with Crippen molar-refractivity contribution in [2.24, 2.45) is 0 Å². The van der Waals surface area contributed by atoms with Crippen LogP contribution >= 0.6 is 23.2 Å². The summed E-state index contributed by atoms with van der Waals surface area (Å²) < 4.78 is 40.2. The Kier molecular flexibility index (Phi) is 8.93. The number of β-amino-alcohol motifs (C(OH)–C–C–N with tert-alkyl or cyclic N) is 1. The Morgan fingerprint density at radius 2 is 1.86 bits per heavy atom. The van der Waals surface area contributed by atoms with E-state index in [1.54, 1.807) is 42.5 Å². The van der Waals surface area contributed by atoms with Gasteiger partial charge in [-0.05, 0) is 49.6 Å². The minimum atomic E-state index is -3.87. The van der Waals surface area contributed by atoms with Crippen LogP contribution in [0.4, 0.5) is 0 Å². The molecule has 8 nitrogen and oxygen atoms in total. The van der Waals surface area contributed by atoms with E-state index in [9.17, 15) is 18.3 Å². The second-order valence-corrected chi connectivity index (χ2v) is 12.0. The molecule has 0 radical (unpaired) electrons. The van der Waals surface area contributed by atoms with Crippen LogP contribution in [0.5, 0.6) is 0 Å². The zero-order valence-corrected chi connectivity index (χ0v) is 22.2. The Balaban J connectivity index is 1.42. The van der Waals surface area contributed by atoms with E-state index in [-0.39, 0.29) is 43.1 Å². The van der Waals surface area contributed by atoms with Gasteiger partial charge in [0.05, 0.1) is 58.9 Å². The number of amides is 1. The van der Waals surface area contributed by atoms with Gasteiger partial charge in [-0.2, -0.15) is 4.31 Å². The first-order valence-corrected chi connectivity index (χ1v) is 14.0. The lowest BCUT2D eigenvalue weighted by Gasteiger charge is -2.43. The van der Waals surface area contributed by atoms with Crippen LogP contribution in [0.25, 0.3) is 0 Å². The molecule has 36 heavy (non-hydrogen) atoms. The van der Waals surface area contributed by atoms with Crippen LogP contribution in [-0.4, -0.2) is 67.8 Å². The number of fused-ring (bicyclic) bond motifs is 1. The van der Waals surface area contributed by atoms with Crippen LogP contribution in [0.2, 0.25) is 10.0 Å². The molecule has 196 valence electrons. The topological polar surface area (TPSA) is 105 Å². The average Bonchev–Trinajstić information content (AvgIpc) is 2.83. The largest absolute Gasteiger partial charge is 0.389 e. The SMILES string of the molecule is Cc1ccc(S(=O)(=O)N2C[C@@H](O)COC[C@@H]3O[C@H](CC(=O)NCc4ccc(Cl)c(Cl)c4)CC[C@H]32)cc1. The third-order valence-electron chi connectivity index (χ3n) is 6.45. The van der Waals surface area contributed by atoms with Gasteiger partial charge in [-0.15, -0.1) is 0 Å². The number of halogens is 2. The molecule has 0 aliphatic carbocycles. The van der Waals surface area contributed by atoms with Gasteiger partial charge in [0.1, 0.15) is 0 Å². The standard InChI is InChI=1S/C25H30Cl2N2O6S/c1-16-2-6-20(7-3-16)36(32,33)29-13-18(30)14-34-15-24-23(29)9-5-19(35-24)11-25(31)28-12-17-4-8-21(26)22(27)10-17/h2-4,6-8,10,18-19,23-24,30H,5,9,11-15H2,1H3,(H,28,31)/t18-,19+,23-,24+/m1/s1. The van der Waals surface area contributed by atoms with Crippen LogP contribution < -0.4 is 5.32 Å². The van der Waals surface area contributed by atoms with Crippen molar-refractivity contribution in [2.75, 3.05) is 19.8 Å². The minimum absolute atomic E-state index is 0.00129. The van der Waals surface area contributed by atoms with Crippen molar-refractivity contribution in [1.82, 2.24) is 9.62 Å². The lowest BCUT2D eigenvalue weighted by atomic mass is 9.96. The molecule has 2 aliphatic heterocycles. The van der Waals surface area contributed by atoms with E-state index < -0.39 is 28.3 Å². The summed E-state index contributed by atoms with van der Waals surface area (Å²) in [6.45, 7) is 2.23. The Labute approximate surface area is 221 Å². The number of benzene rings is 2. The van der Waals surface area contributed by atoms with Crippen LogP contribution in [0.1, 0.15) is 30.4 Å². The lowest BCUT2D eigenvalue weighted by Crippen LogP contribution is -2.57. The Hall–Kier alpha value is -1.72. The molecule has 11 heteroatoms. The van der Waals surface area contributed by atoms with Crippen molar-refractivity contribution in [2.45, 2.75) is 62.0 Å². The van der Waals surface area contributed by atoms with E-state index in [1.165, 1.54) is 4.31 Å². The molecular formula is C25H30Cl2N2O6S. The number of aliphatic hydroxyl groups excluding tert-OH is 1. The number of rotatable bonds is 6. The molecule has 2 aromatic carbocycles. The number of aliphatic hydroxyl groups is 1. The van der Waals surface area contributed by atoms with Crippen LogP contribution in [0, 0.1) is 6.92 Å². The quantitative estimate of drug-likeness (QED) is 0.565. The molecule has 0 bridgehead atoms. The summed E-state index contributed by atoms with van der Waals surface area (Å²) in [6, 6.07) is 11.3. The van der Waals surface area contributed by atoms with Crippen LogP contribution in [0.15, 0.2) is 47.4 Å². The molecule has 2 aromatic rings. The Bertz CT molecular complexity index is 1180. The summed E-state index contributed by atoms with van der Waals surface area (Å²) in [5.74, 6) is -0.184. The number of carbonyl (C=O) groups excluding carboxylic acids is 1. The predicted octanol–water partition coefficient (Wildman–Crippen LogP) is 3.31. The highest BCUT2D eigenvalue weighted by Crippen LogP contribution is 2.31. The fraction of sp³-hybridized carbons (Fsp3) is 0.480. The molecule has 0 unspecified atom stereocenters. The molecule has 0 spiro atoms. The van der Waals surface area contributed by atoms with Gasteiger partial charge < -0.3 is 19.9 Å². The van der Waals surface area contributed by atoms with Crippen molar-refractivity contribution >= 4 is 39.1 Å². The molecule has 2 saturated heterocycles. The number of sulfonamides is 1. The van der Waals surface area contributed by atoms with E-state index in [1.807, 2.05) is 6.92 Å². The number of carbonyl (C=O) groups is 1. The van der Waals surface area contributed by atoms with E-state index in [0.717, 1.165) is 11.1 Å². The Morgan fingerprint density at radius 3 is 2.58 bits per heavy atom. The highest BCUT2D eigenvalue weighted by atomic mass is 35.5. The normalized spacial score (nSPS) is 25.4. The van der Waals surface area contributed by atoms with Crippen molar-refractivity contribution in [3.05, 3.63) is 63.6 Å². The summed E-state index contributed by atoms with van der Waals surface area (Å²) in [4.78, 5) is 12.7. The van der Waals surface area contributed by atoms with Gasteiger partial charge >= 0.3 is 0 Å². The molecule has 2 N–H and O–H groups in total. The predicted molar refractivity (Wildman–Crippen MR) is 137 cm³/mol. The molecule has 1 amide bonds. The van der Waals surface area contributed by atoms with Crippen molar-refractivity contribution in [3.63, 3.8) is 0 Å². The van der Waals surface area contributed by atoms with Gasteiger partial charge in [-0.1, -0.05) is 47.0 Å². The number of aryl methyl sites for hydroxylation is 1. The Morgan fingerprint density at radius 1 is 1.11 bits per heavy atom. The van der Waals surface area contributed by atoms with E-state index in [0.29, 0.717) is 29.4 Å². The molecule has 2 aliphatic rings. The molecule has 2 fully saturated rings. The third kappa shape index (κ3) is 6.58. The van der Waals surface area contributed by atoms with Gasteiger partial charge in [0.15, 0.2) is 0 Å². The second-order valence-electron chi connectivity index (χ2n) is 9.25. The zero-order valence-electron chi connectivity index (χ0n) is 19.9. The number of nitrogens with zero attached hydrogens (tertiary/aromatic N) is 1. The molecule has 0 saturated carbocycles. The average molecular weight is 557 g/mol. The van der Waals surface area contributed by atoms with Gasteiger partial charge in [-0.3, -0.25) is 4.79 Å². The highest BCUT2D eigenvalue weighted by Gasteiger charge is 2.43. The van der Waals surface area contributed by atoms with Crippen molar-refractivity contribution < 1.29 is 27.8 Å². The molecule has 0 aromatic heterocycles. The minimum Gasteiger partial charge on any atom is -0.389 e. The smallest absolute Gasteiger partial charge is 0.243 e. The molecule has 4 rings (SSSR count). The summed E-state index contributed by atoms with van der Waals surface area (Å²) in [6.07, 6.45) is -0.765. The van der Waals surface area contributed by atoms with Gasteiger partial charge in [0.2, 0.25) is 15.9 Å². The van der Waals surface area contributed by atoms with Crippen LogP contribution in [0.3, 0.4) is 0 Å². The number of hydrogen-bond acceptors (Lipinski definition) is 6. The zero-order chi connectivity index (χ0) is 25.9. The maximum atomic E-state index is 13.5. The summed E-state index contributed by atoms with van der Waals surface area (Å²) in [5, 5.41) is 14.1. The summed E-state index contributed by atoms with van der Waals surface area (Å²) in [7, 11) is -3.87. The number of ether oxygens (including phenoxy) is 2. The fourth-order valence-electron chi connectivity index (χ4n) is 4.55. The molecular weight excluding hydrogens is 527 g/mol. The first-order valence-electron chi connectivity index (χ1n) is 11.8. The van der Waals surface area contributed by atoms with E-state index in [4.69, 9.17) is 32.7 Å². The first kappa shape index (κ1) is 27.3. The van der Waals surface area contributed by atoms with E-state index >= 15 is 0 Å². The van der Waals surface area contributed by atoms with Gasteiger partial charge in [-0.25, -0.2) is 8.42 Å². The van der Waals surface area contributed by atoms with Crippen LogP contribution in [-0.2, 0) is 30.8 Å².